The van der Waals surface area contributed by atoms with E-state index in [1.54, 1.807) is 25.3 Å². The fourth-order valence-electron chi connectivity index (χ4n) is 1.86. The van der Waals surface area contributed by atoms with Gasteiger partial charge in [0.15, 0.2) is 0 Å². The maximum atomic E-state index is 11.0. The molecule has 0 amide bonds. The summed E-state index contributed by atoms with van der Waals surface area (Å²) in [6.07, 6.45) is 1.58. The number of pyridine rings is 1. The van der Waals surface area contributed by atoms with E-state index in [1.165, 1.54) is 6.07 Å². The summed E-state index contributed by atoms with van der Waals surface area (Å²) in [5, 5.41) is 11.0. The van der Waals surface area contributed by atoms with Crippen molar-refractivity contribution in [2.45, 2.75) is 20.8 Å². The Bertz CT molecular complexity index is 684. The number of hydrogen-bond donors (Lipinski definition) is 1. The van der Waals surface area contributed by atoms with E-state index in [2.05, 4.69) is 4.98 Å². The minimum atomic E-state index is -0.436. The van der Waals surface area contributed by atoms with Crippen LogP contribution in [-0.2, 0) is 0 Å². The van der Waals surface area contributed by atoms with Crippen LogP contribution in [0.25, 0.3) is 0 Å². The largest absolute Gasteiger partial charge is 0.437 e. The Hall–Kier alpha value is -2.63. The molecule has 2 rings (SSSR count). The number of nitro groups is 1. The van der Waals surface area contributed by atoms with Crippen LogP contribution in [0.3, 0.4) is 0 Å². The van der Waals surface area contributed by atoms with Crippen molar-refractivity contribution in [3.05, 3.63) is 51.2 Å². The number of nitro benzene ring substituents is 1. The van der Waals surface area contributed by atoms with Gasteiger partial charge in [-0.05, 0) is 44.0 Å². The van der Waals surface area contributed by atoms with Crippen molar-refractivity contribution in [1.29, 1.82) is 0 Å². The van der Waals surface area contributed by atoms with Crippen molar-refractivity contribution in [3.63, 3.8) is 0 Å². The molecule has 0 radical (unpaired) electrons. The average Bonchev–Trinajstić information content (AvgIpc) is 2.37. The van der Waals surface area contributed by atoms with Gasteiger partial charge in [0, 0.05) is 11.8 Å². The molecule has 0 aliphatic rings. The van der Waals surface area contributed by atoms with Crippen LogP contribution in [-0.4, -0.2) is 9.91 Å². The van der Waals surface area contributed by atoms with Crippen LogP contribution in [0, 0.1) is 30.9 Å². The third-order valence-corrected chi connectivity index (χ3v) is 3.07. The van der Waals surface area contributed by atoms with Gasteiger partial charge in [-0.25, -0.2) is 4.98 Å². The van der Waals surface area contributed by atoms with E-state index in [4.69, 9.17) is 10.5 Å². The minimum Gasteiger partial charge on any atom is -0.437 e. The zero-order valence-electron chi connectivity index (χ0n) is 11.5. The number of nitrogens with zero attached hydrogens (tertiary/aromatic N) is 2. The number of nitrogen functional groups attached to an aromatic ring is 1. The lowest BCUT2D eigenvalue weighted by Crippen LogP contribution is -2.00. The first kappa shape index (κ1) is 13.8. The van der Waals surface area contributed by atoms with Crippen LogP contribution in [0.5, 0.6) is 11.6 Å². The molecule has 0 unspecified atom stereocenters. The van der Waals surface area contributed by atoms with E-state index >= 15 is 0 Å². The van der Waals surface area contributed by atoms with Gasteiger partial charge in [-0.3, -0.25) is 10.1 Å². The van der Waals surface area contributed by atoms with E-state index < -0.39 is 4.92 Å². The molecule has 0 bridgehead atoms. The molecular weight excluding hydrogens is 258 g/mol. The fraction of sp³-hybridized carbons (Fsp3) is 0.214. The highest BCUT2D eigenvalue weighted by Gasteiger charge is 2.16. The Morgan fingerprint density at radius 3 is 2.55 bits per heavy atom. The molecule has 0 saturated carbocycles. The summed E-state index contributed by atoms with van der Waals surface area (Å²) in [6.45, 7) is 5.35. The molecule has 1 aromatic heterocycles. The second-order valence-corrected chi connectivity index (χ2v) is 4.61. The lowest BCUT2D eigenvalue weighted by Gasteiger charge is -2.11. The molecule has 0 fully saturated rings. The normalized spacial score (nSPS) is 10.3. The van der Waals surface area contributed by atoms with Crippen LogP contribution in [0.1, 0.15) is 16.7 Å². The van der Waals surface area contributed by atoms with Gasteiger partial charge >= 0.3 is 0 Å². The topological polar surface area (TPSA) is 91.3 Å². The summed E-state index contributed by atoms with van der Waals surface area (Å²) in [7, 11) is 0. The van der Waals surface area contributed by atoms with E-state index in [0.29, 0.717) is 17.0 Å². The van der Waals surface area contributed by atoms with Crippen molar-refractivity contribution in [1.82, 2.24) is 4.98 Å². The zero-order valence-corrected chi connectivity index (χ0v) is 11.5. The van der Waals surface area contributed by atoms with Gasteiger partial charge in [0.2, 0.25) is 5.88 Å². The average molecular weight is 273 g/mol. The first-order valence-corrected chi connectivity index (χ1v) is 6.04. The summed E-state index contributed by atoms with van der Waals surface area (Å²) >= 11 is 0. The number of rotatable bonds is 3. The van der Waals surface area contributed by atoms with Gasteiger partial charge in [-0.1, -0.05) is 0 Å². The Kier molecular flexibility index (Phi) is 3.56. The molecule has 6 heteroatoms. The summed E-state index contributed by atoms with van der Waals surface area (Å²) in [5.74, 6) is 0.637. The molecule has 1 heterocycles. The first-order chi connectivity index (χ1) is 9.40. The predicted octanol–water partition coefficient (Wildman–Crippen LogP) is 3.29. The molecule has 20 heavy (non-hydrogen) atoms. The SMILES string of the molecule is Cc1cc(C)c([N+](=O)[O-])cc1Oc1nccc(C)c1N. The molecule has 0 aliphatic carbocycles. The quantitative estimate of drug-likeness (QED) is 0.684. The van der Waals surface area contributed by atoms with Crippen LogP contribution >= 0.6 is 0 Å². The van der Waals surface area contributed by atoms with Crippen molar-refractivity contribution < 1.29 is 9.66 Å². The maximum Gasteiger partial charge on any atom is 0.276 e. The highest BCUT2D eigenvalue weighted by molar-refractivity contribution is 5.57. The summed E-state index contributed by atoms with van der Waals surface area (Å²) in [6, 6.07) is 4.88. The second-order valence-electron chi connectivity index (χ2n) is 4.61. The second kappa shape index (κ2) is 5.16. The van der Waals surface area contributed by atoms with Crippen LogP contribution in [0.2, 0.25) is 0 Å². The number of hydrogen-bond acceptors (Lipinski definition) is 5. The smallest absolute Gasteiger partial charge is 0.276 e. The van der Waals surface area contributed by atoms with E-state index in [9.17, 15) is 10.1 Å². The molecule has 0 atom stereocenters. The van der Waals surface area contributed by atoms with Crippen LogP contribution in [0.15, 0.2) is 24.4 Å². The lowest BCUT2D eigenvalue weighted by atomic mass is 10.1. The van der Waals surface area contributed by atoms with Gasteiger partial charge in [-0.2, -0.15) is 0 Å². The highest BCUT2D eigenvalue weighted by atomic mass is 16.6. The van der Waals surface area contributed by atoms with Gasteiger partial charge in [0.05, 0.1) is 16.7 Å². The summed E-state index contributed by atoms with van der Waals surface area (Å²) in [5.41, 5.74) is 8.54. The Balaban J connectivity index is 2.46. The minimum absolute atomic E-state index is 0.0109. The molecule has 0 saturated heterocycles. The Morgan fingerprint density at radius 1 is 1.20 bits per heavy atom. The predicted molar refractivity (Wildman–Crippen MR) is 76.0 cm³/mol. The molecular formula is C14H15N3O3. The number of ether oxygens (including phenoxy) is 1. The number of anilines is 1. The first-order valence-electron chi connectivity index (χ1n) is 6.04. The summed E-state index contributed by atoms with van der Waals surface area (Å²) in [4.78, 5) is 14.6. The van der Waals surface area contributed by atoms with Gasteiger partial charge < -0.3 is 10.5 Å². The fourth-order valence-corrected chi connectivity index (χ4v) is 1.86. The number of benzene rings is 1. The van der Waals surface area contributed by atoms with Crippen molar-refractivity contribution in [2.75, 3.05) is 5.73 Å². The van der Waals surface area contributed by atoms with Crippen molar-refractivity contribution >= 4 is 11.4 Å². The number of nitrogens with two attached hydrogens (primary N) is 1. The molecule has 6 nitrogen and oxygen atoms in total. The molecule has 0 spiro atoms. The van der Waals surface area contributed by atoms with E-state index in [0.717, 1.165) is 11.1 Å². The molecule has 1 aromatic carbocycles. The van der Waals surface area contributed by atoms with Crippen LogP contribution < -0.4 is 10.5 Å². The molecule has 2 aromatic rings. The third-order valence-electron chi connectivity index (χ3n) is 3.07. The third kappa shape index (κ3) is 2.54. The molecule has 104 valence electrons. The Morgan fingerprint density at radius 2 is 1.90 bits per heavy atom. The van der Waals surface area contributed by atoms with Gasteiger partial charge in [0.1, 0.15) is 5.75 Å². The van der Waals surface area contributed by atoms with Gasteiger partial charge in [0.25, 0.3) is 5.69 Å². The lowest BCUT2D eigenvalue weighted by molar-refractivity contribution is -0.385. The van der Waals surface area contributed by atoms with Gasteiger partial charge in [-0.15, -0.1) is 0 Å². The van der Waals surface area contributed by atoms with Crippen molar-refractivity contribution in [2.24, 2.45) is 0 Å². The number of aryl methyl sites for hydroxylation is 3. The molecule has 2 N–H and O–H groups in total. The maximum absolute atomic E-state index is 11.0. The van der Waals surface area contributed by atoms with Crippen LogP contribution in [0.4, 0.5) is 11.4 Å². The molecule has 0 aliphatic heterocycles. The van der Waals surface area contributed by atoms with Crippen molar-refractivity contribution in [3.8, 4) is 11.6 Å². The highest BCUT2D eigenvalue weighted by Crippen LogP contribution is 2.33. The zero-order chi connectivity index (χ0) is 14.9. The van der Waals surface area contributed by atoms with E-state index in [-0.39, 0.29) is 11.6 Å². The summed E-state index contributed by atoms with van der Waals surface area (Å²) < 4.78 is 5.63. The standard InChI is InChI=1S/C14H15N3O3/c1-8-4-5-16-14(13(8)15)20-12-7-11(17(18)19)9(2)6-10(12)3/h4-7H,15H2,1-3H3. The Labute approximate surface area is 116 Å². The number of aromatic nitrogens is 1. The van der Waals surface area contributed by atoms with E-state index in [1.807, 2.05) is 13.8 Å². The monoisotopic (exact) mass is 273 g/mol.